The highest BCUT2D eigenvalue weighted by molar-refractivity contribution is 6.32. The molecule has 0 saturated carbocycles. The number of anilines is 1. The molecule has 33 heavy (non-hydrogen) atoms. The normalized spacial score (nSPS) is 14.5. The third-order valence-corrected chi connectivity index (χ3v) is 5.68. The van der Waals surface area contributed by atoms with Gasteiger partial charge in [0.25, 0.3) is 5.91 Å². The van der Waals surface area contributed by atoms with Crippen LogP contribution in [0, 0.1) is 0 Å². The molecule has 1 atom stereocenters. The fourth-order valence-electron chi connectivity index (χ4n) is 3.77. The van der Waals surface area contributed by atoms with Crippen LogP contribution in [-0.2, 0) is 0 Å². The maximum absolute atomic E-state index is 11.8. The highest BCUT2D eigenvalue weighted by atomic mass is 35.5. The van der Waals surface area contributed by atoms with Crippen molar-refractivity contribution in [2.24, 2.45) is 5.73 Å². The lowest BCUT2D eigenvalue weighted by atomic mass is 9.92. The molecule has 168 valence electrons. The summed E-state index contributed by atoms with van der Waals surface area (Å²) in [6, 6.07) is 12.9. The molecule has 0 radical (unpaired) electrons. The minimum Gasteiger partial charge on any atom is -0.465 e. The zero-order valence-electron chi connectivity index (χ0n) is 17.4. The van der Waals surface area contributed by atoms with E-state index in [1.807, 2.05) is 0 Å². The van der Waals surface area contributed by atoms with E-state index < -0.39 is 12.0 Å². The van der Waals surface area contributed by atoms with Crippen LogP contribution < -0.4 is 20.7 Å². The molecular formula is C23H19ClN4O5. The van der Waals surface area contributed by atoms with Gasteiger partial charge in [-0.25, -0.2) is 4.79 Å². The summed E-state index contributed by atoms with van der Waals surface area (Å²) in [6.45, 7) is 0.153. The smallest absolute Gasteiger partial charge is 0.411 e. The molecule has 4 N–H and O–H groups in total. The Labute approximate surface area is 193 Å². The highest BCUT2D eigenvalue weighted by Crippen LogP contribution is 2.44. The average molecular weight is 467 g/mol. The van der Waals surface area contributed by atoms with E-state index in [1.54, 1.807) is 36.4 Å². The SMILES string of the molecule is CNC(=O)c1cc(Oc2ccc3c(c2)C(c2ccc(C(N)=O)cc2Cl)CN3C(=O)O)ccn1. The number of benzene rings is 2. The predicted octanol–water partition coefficient (Wildman–Crippen LogP) is 3.62. The number of hydrogen-bond acceptors (Lipinski definition) is 5. The van der Waals surface area contributed by atoms with Gasteiger partial charge < -0.3 is 20.9 Å². The molecule has 3 amide bonds. The highest BCUT2D eigenvalue weighted by Gasteiger charge is 2.35. The topological polar surface area (TPSA) is 135 Å². The third-order valence-electron chi connectivity index (χ3n) is 5.35. The Morgan fingerprint density at radius 2 is 1.88 bits per heavy atom. The minimum atomic E-state index is -1.10. The van der Waals surface area contributed by atoms with Gasteiger partial charge in [-0.05, 0) is 47.5 Å². The van der Waals surface area contributed by atoms with Crippen LogP contribution in [0.25, 0.3) is 0 Å². The van der Waals surface area contributed by atoms with Crippen LogP contribution in [0.4, 0.5) is 10.5 Å². The molecule has 9 nitrogen and oxygen atoms in total. The Balaban J connectivity index is 1.71. The van der Waals surface area contributed by atoms with Gasteiger partial charge in [-0.2, -0.15) is 0 Å². The number of amides is 3. The fraction of sp³-hybridized carbons (Fsp3) is 0.130. The zero-order chi connectivity index (χ0) is 23.7. The second kappa shape index (κ2) is 8.79. The molecule has 1 unspecified atom stereocenters. The number of fused-ring (bicyclic) bond motifs is 1. The second-order valence-corrected chi connectivity index (χ2v) is 7.73. The molecule has 2 heterocycles. The van der Waals surface area contributed by atoms with Gasteiger partial charge in [0.05, 0.1) is 5.69 Å². The standard InChI is InChI=1S/C23H19ClN4O5/c1-26-22(30)19-10-14(6-7-27-19)33-13-3-5-20-16(9-13)17(11-28(20)23(31)32)15-4-2-12(21(25)29)8-18(15)24/h2-10,17H,11H2,1H3,(H2,25,29)(H,26,30)(H,31,32). The van der Waals surface area contributed by atoms with Gasteiger partial charge in [0.2, 0.25) is 5.91 Å². The molecule has 3 aromatic rings. The summed E-state index contributed by atoms with van der Waals surface area (Å²) in [5.41, 5.74) is 7.66. The van der Waals surface area contributed by atoms with Crippen LogP contribution in [0.2, 0.25) is 5.02 Å². The van der Waals surface area contributed by atoms with E-state index in [-0.39, 0.29) is 29.6 Å². The summed E-state index contributed by atoms with van der Waals surface area (Å²) in [5.74, 6) is -0.484. The van der Waals surface area contributed by atoms with Gasteiger partial charge in [0, 0.05) is 42.4 Å². The molecule has 2 aromatic carbocycles. The number of nitrogens with one attached hydrogen (secondary N) is 1. The second-order valence-electron chi connectivity index (χ2n) is 7.32. The number of primary amides is 1. The van der Waals surface area contributed by atoms with Gasteiger partial charge >= 0.3 is 6.09 Å². The minimum absolute atomic E-state index is 0.153. The van der Waals surface area contributed by atoms with Crippen molar-refractivity contribution in [1.82, 2.24) is 10.3 Å². The van der Waals surface area contributed by atoms with E-state index in [4.69, 9.17) is 22.1 Å². The number of ether oxygens (including phenoxy) is 1. The summed E-state index contributed by atoms with van der Waals surface area (Å²) < 4.78 is 5.92. The molecule has 0 aliphatic carbocycles. The first-order valence-electron chi connectivity index (χ1n) is 9.88. The van der Waals surface area contributed by atoms with Gasteiger partial charge in [-0.15, -0.1) is 0 Å². The Kier molecular flexibility index (Phi) is 5.89. The number of aromatic nitrogens is 1. The van der Waals surface area contributed by atoms with Crippen molar-refractivity contribution in [2.75, 3.05) is 18.5 Å². The van der Waals surface area contributed by atoms with Gasteiger partial charge in [-0.3, -0.25) is 19.5 Å². The maximum atomic E-state index is 11.8. The van der Waals surface area contributed by atoms with Crippen molar-refractivity contribution in [3.8, 4) is 11.5 Å². The van der Waals surface area contributed by atoms with E-state index in [1.165, 1.54) is 30.3 Å². The summed E-state index contributed by atoms with van der Waals surface area (Å²) in [5, 5.41) is 12.5. The molecule has 1 aliphatic heterocycles. The van der Waals surface area contributed by atoms with E-state index >= 15 is 0 Å². The first-order valence-corrected chi connectivity index (χ1v) is 10.3. The van der Waals surface area contributed by atoms with Crippen LogP contribution in [0.3, 0.4) is 0 Å². The number of nitrogens with zero attached hydrogens (tertiary/aromatic N) is 2. The number of nitrogens with two attached hydrogens (primary N) is 1. The molecule has 1 aliphatic rings. The van der Waals surface area contributed by atoms with Crippen LogP contribution in [-0.4, -0.2) is 41.6 Å². The van der Waals surface area contributed by atoms with Crippen molar-refractivity contribution in [3.63, 3.8) is 0 Å². The number of halogens is 1. The Bertz CT molecular complexity index is 1280. The molecule has 0 bridgehead atoms. The molecule has 4 rings (SSSR count). The van der Waals surface area contributed by atoms with E-state index in [0.29, 0.717) is 33.3 Å². The third kappa shape index (κ3) is 4.31. The first-order chi connectivity index (χ1) is 15.8. The van der Waals surface area contributed by atoms with Gasteiger partial charge in [0.1, 0.15) is 17.2 Å². The average Bonchev–Trinajstić information content (AvgIpc) is 3.17. The lowest BCUT2D eigenvalue weighted by Crippen LogP contribution is -2.28. The Hall–Kier alpha value is -4.11. The van der Waals surface area contributed by atoms with Crippen LogP contribution in [0.5, 0.6) is 11.5 Å². The molecular weight excluding hydrogens is 448 g/mol. The summed E-state index contributed by atoms with van der Waals surface area (Å²) in [6.07, 6.45) is 0.365. The molecule has 0 saturated heterocycles. The summed E-state index contributed by atoms with van der Waals surface area (Å²) in [4.78, 5) is 40.4. The Morgan fingerprint density at radius 1 is 1.12 bits per heavy atom. The quantitative estimate of drug-likeness (QED) is 0.525. The number of hydrogen-bond donors (Lipinski definition) is 3. The van der Waals surface area contributed by atoms with Crippen molar-refractivity contribution in [1.29, 1.82) is 0 Å². The molecule has 0 fully saturated rings. The summed E-state index contributed by atoms with van der Waals surface area (Å²) >= 11 is 6.43. The van der Waals surface area contributed by atoms with E-state index in [9.17, 15) is 19.5 Å². The Morgan fingerprint density at radius 3 is 2.55 bits per heavy atom. The molecule has 1 aromatic heterocycles. The maximum Gasteiger partial charge on any atom is 0.411 e. The molecule has 10 heteroatoms. The predicted molar refractivity (Wildman–Crippen MR) is 121 cm³/mol. The van der Waals surface area contributed by atoms with Crippen LogP contribution >= 0.6 is 11.6 Å². The van der Waals surface area contributed by atoms with E-state index in [2.05, 4.69) is 10.3 Å². The van der Waals surface area contributed by atoms with Crippen LogP contribution in [0.1, 0.15) is 37.9 Å². The number of carbonyl (C=O) groups is 3. The number of carboxylic acid groups (broad SMARTS) is 1. The monoisotopic (exact) mass is 466 g/mol. The van der Waals surface area contributed by atoms with Gasteiger partial charge in [0.15, 0.2) is 0 Å². The number of rotatable bonds is 5. The lowest BCUT2D eigenvalue weighted by Gasteiger charge is -2.15. The van der Waals surface area contributed by atoms with Gasteiger partial charge in [-0.1, -0.05) is 17.7 Å². The van der Waals surface area contributed by atoms with Crippen molar-refractivity contribution in [3.05, 3.63) is 82.1 Å². The van der Waals surface area contributed by atoms with E-state index in [0.717, 1.165) is 0 Å². The zero-order valence-corrected chi connectivity index (χ0v) is 18.2. The largest absolute Gasteiger partial charge is 0.465 e. The van der Waals surface area contributed by atoms with Crippen LogP contribution in [0.15, 0.2) is 54.7 Å². The van der Waals surface area contributed by atoms with Crippen molar-refractivity contribution >= 4 is 35.2 Å². The van der Waals surface area contributed by atoms with Crippen molar-refractivity contribution in [2.45, 2.75) is 5.92 Å². The summed E-state index contributed by atoms with van der Waals surface area (Å²) in [7, 11) is 1.51. The number of carbonyl (C=O) groups excluding carboxylic acids is 2. The number of pyridine rings is 1. The molecule has 0 spiro atoms. The lowest BCUT2D eigenvalue weighted by molar-refractivity contribution is 0.0956. The fourth-order valence-corrected chi connectivity index (χ4v) is 4.09. The first kappa shape index (κ1) is 22.1. The van der Waals surface area contributed by atoms with Crippen molar-refractivity contribution < 1.29 is 24.2 Å².